The molecule has 5 nitrogen and oxygen atoms in total. The summed E-state index contributed by atoms with van der Waals surface area (Å²) in [7, 11) is 0. The zero-order valence-electron chi connectivity index (χ0n) is 16.1. The Kier molecular flexibility index (Phi) is 5.45. The number of carbonyl (C=O) groups is 3. The molecule has 2 aromatic carbocycles. The molecule has 0 bridgehead atoms. The molecule has 1 aliphatic carbocycles. The van der Waals surface area contributed by atoms with Gasteiger partial charge in [0.25, 0.3) is 0 Å². The summed E-state index contributed by atoms with van der Waals surface area (Å²) < 4.78 is 5.37. The second-order valence-corrected chi connectivity index (χ2v) is 8.26. The molecule has 0 saturated heterocycles. The van der Waals surface area contributed by atoms with Gasteiger partial charge in [-0.15, -0.1) is 11.3 Å². The largest absolute Gasteiger partial charge is 0.454 e. The molecular formula is C23H21NO4S. The highest BCUT2D eigenvalue weighted by atomic mass is 32.1. The van der Waals surface area contributed by atoms with E-state index in [0.717, 1.165) is 46.9 Å². The van der Waals surface area contributed by atoms with E-state index in [4.69, 9.17) is 4.74 Å². The number of hydrogen-bond acceptors (Lipinski definition) is 5. The number of fused-ring (bicyclic) bond motifs is 2. The Balaban J connectivity index is 1.52. The van der Waals surface area contributed by atoms with Gasteiger partial charge in [-0.1, -0.05) is 36.4 Å². The Labute approximate surface area is 172 Å². The number of anilines is 1. The fourth-order valence-corrected chi connectivity index (χ4v) is 5.00. The van der Waals surface area contributed by atoms with E-state index < -0.39 is 5.97 Å². The summed E-state index contributed by atoms with van der Waals surface area (Å²) in [5, 5.41) is 5.28. The highest BCUT2D eigenvalue weighted by Gasteiger charge is 2.27. The number of aryl methyl sites for hydroxylation is 1. The van der Waals surface area contributed by atoms with Gasteiger partial charge in [-0.2, -0.15) is 0 Å². The van der Waals surface area contributed by atoms with Crippen LogP contribution in [0.3, 0.4) is 0 Å². The molecule has 0 fully saturated rings. The lowest BCUT2D eigenvalue weighted by Gasteiger charge is -2.12. The SMILES string of the molecule is CC(=O)Nc1sc2c(c1C(=O)OCC(=O)c1ccc3ccccc3c1)CCCC2. The zero-order valence-corrected chi connectivity index (χ0v) is 16.9. The molecule has 0 saturated carbocycles. The quantitative estimate of drug-likeness (QED) is 0.488. The van der Waals surface area contributed by atoms with Gasteiger partial charge in [-0.25, -0.2) is 4.79 Å². The van der Waals surface area contributed by atoms with Crippen LogP contribution in [0, 0.1) is 0 Å². The van der Waals surface area contributed by atoms with Crippen LogP contribution in [-0.4, -0.2) is 24.3 Å². The predicted octanol–water partition coefficient (Wildman–Crippen LogP) is 4.78. The van der Waals surface area contributed by atoms with Crippen LogP contribution >= 0.6 is 11.3 Å². The number of nitrogens with one attached hydrogen (secondary N) is 1. The molecule has 0 aliphatic heterocycles. The van der Waals surface area contributed by atoms with E-state index in [1.54, 1.807) is 12.1 Å². The summed E-state index contributed by atoms with van der Waals surface area (Å²) >= 11 is 1.43. The normalized spacial score (nSPS) is 13.0. The fourth-order valence-electron chi connectivity index (χ4n) is 3.68. The number of rotatable bonds is 5. The molecule has 1 amide bonds. The third-order valence-corrected chi connectivity index (χ3v) is 6.28. The van der Waals surface area contributed by atoms with Crippen molar-refractivity contribution in [2.75, 3.05) is 11.9 Å². The molecule has 1 aliphatic rings. The van der Waals surface area contributed by atoms with Crippen molar-refractivity contribution in [2.24, 2.45) is 0 Å². The Hall–Kier alpha value is -2.99. The predicted molar refractivity (Wildman–Crippen MR) is 114 cm³/mol. The number of thiophene rings is 1. The second-order valence-electron chi connectivity index (χ2n) is 7.16. The van der Waals surface area contributed by atoms with Crippen LogP contribution in [0.5, 0.6) is 0 Å². The van der Waals surface area contributed by atoms with E-state index in [-0.39, 0.29) is 18.3 Å². The third-order valence-electron chi connectivity index (χ3n) is 5.07. The fraction of sp³-hybridized carbons (Fsp3) is 0.261. The highest BCUT2D eigenvalue weighted by molar-refractivity contribution is 7.17. The number of carbonyl (C=O) groups excluding carboxylic acids is 3. The molecule has 6 heteroatoms. The van der Waals surface area contributed by atoms with E-state index >= 15 is 0 Å². The van der Waals surface area contributed by atoms with Crippen molar-refractivity contribution < 1.29 is 19.1 Å². The molecule has 1 heterocycles. The molecule has 29 heavy (non-hydrogen) atoms. The smallest absolute Gasteiger partial charge is 0.341 e. The topological polar surface area (TPSA) is 72.5 Å². The van der Waals surface area contributed by atoms with Crippen LogP contribution in [0.2, 0.25) is 0 Å². The maximum absolute atomic E-state index is 12.8. The van der Waals surface area contributed by atoms with Crippen LogP contribution in [0.25, 0.3) is 10.8 Å². The van der Waals surface area contributed by atoms with Crippen molar-refractivity contribution >= 4 is 44.8 Å². The summed E-state index contributed by atoms with van der Waals surface area (Å²) in [5.41, 5.74) is 1.87. The monoisotopic (exact) mass is 407 g/mol. The summed E-state index contributed by atoms with van der Waals surface area (Å²) in [6, 6.07) is 13.2. The number of amides is 1. The first-order chi connectivity index (χ1) is 14.0. The lowest BCUT2D eigenvalue weighted by atomic mass is 9.95. The van der Waals surface area contributed by atoms with E-state index in [0.29, 0.717) is 16.1 Å². The highest BCUT2D eigenvalue weighted by Crippen LogP contribution is 2.38. The average molecular weight is 407 g/mol. The summed E-state index contributed by atoms with van der Waals surface area (Å²) in [6.45, 7) is 1.08. The number of ether oxygens (including phenoxy) is 1. The van der Waals surface area contributed by atoms with E-state index in [1.807, 2.05) is 30.3 Å². The van der Waals surface area contributed by atoms with E-state index in [1.165, 1.54) is 18.3 Å². The standard InChI is InChI=1S/C23H21NO4S/c1-14(25)24-22-21(18-8-4-5-9-20(18)29-22)23(27)28-13-19(26)17-11-10-15-6-2-3-7-16(15)12-17/h2-3,6-7,10-12H,4-5,8-9,13H2,1H3,(H,24,25). The average Bonchev–Trinajstić information content (AvgIpc) is 3.08. The lowest BCUT2D eigenvalue weighted by Crippen LogP contribution is -2.17. The molecule has 3 aromatic rings. The van der Waals surface area contributed by atoms with E-state index in [2.05, 4.69) is 5.32 Å². The van der Waals surface area contributed by atoms with Gasteiger partial charge < -0.3 is 10.1 Å². The second kappa shape index (κ2) is 8.17. The molecule has 1 N–H and O–H groups in total. The Morgan fingerprint density at radius 1 is 1.03 bits per heavy atom. The molecule has 0 radical (unpaired) electrons. The first-order valence-electron chi connectivity index (χ1n) is 9.64. The first-order valence-corrected chi connectivity index (χ1v) is 10.5. The van der Waals surface area contributed by atoms with Crippen LogP contribution in [0.1, 0.15) is 50.9 Å². The lowest BCUT2D eigenvalue weighted by molar-refractivity contribution is -0.114. The van der Waals surface area contributed by atoms with Crippen LogP contribution in [0.15, 0.2) is 42.5 Å². The van der Waals surface area contributed by atoms with Gasteiger partial charge in [0.15, 0.2) is 12.4 Å². The number of esters is 1. The minimum atomic E-state index is -0.553. The molecular weight excluding hydrogens is 386 g/mol. The minimum Gasteiger partial charge on any atom is -0.454 e. The Bertz CT molecular complexity index is 1120. The molecule has 0 unspecified atom stereocenters. The van der Waals surface area contributed by atoms with Gasteiger partial charge in [-0.05, 0) is 48.1 Å². The first kappa shape index (κ1) is 19.3. The number of ketones is 1. The van der Waals surface area contributed by atoms with Gasteiger partial charge in [-0.3, -0.25) is 9.59 Å². The van der Waals surface area contributed by atoms with Crippen molar-refractivity contribution in [3.05, 3.63) is 64.0 Å². The molecule has 148 valence electrons. The van der Waals surface area contributed by atoms with Crippen molar-refractivity contribution in [3.63, 3.8) is 0 Å². The minimum absolute atomic E-state index is 0.232. The molecule has 1 aromatic heterocycles. The summed E-state index contributed by atoms with van der Waals surface area (Å²) in [5.74, 6) is -1.04. The van der Waals surface area contributed by atoms with Crippen molar-refractivity contribution in [3.8, 4) is 0 Å². The van der Waals surface area contributed by atoms with Gasteiger partial charge in [0.2, 0.25) is 5.91 Å². The summed E-state index contributed by atoms with van der Waals surface area (Å²) in [4.78, 5) is 38.0. The summed E-state index contributed by atoms with van der Waals surface area (Å²) in [6.07, 6.45) is 3.76. The van der Waals surface area contributed by atoms with Crippen LogP contribution in [-0.2, 0) is 22.4 Å². The Morgan fingerprint density at radius 3 is 2.59 bits per heavy atom. The zero-order chi connectivity index (χ0) is 20.4. The van der Waals surface area contributed by atoms with Gasteiger partial charge in [0, 0.05) is 17.4 Å². The molecule has 4 rings (SSSR count). The number of hydrogen-bond donors (Lipinski definition) is 1. The molecule has 0 spiro atoms. The Morgan fingerprint density at radius 2 is 1.79 bits per heavy atom. The van der Waals surface area contributed by atoms with Crippen molar-refractivity contribution in [2.45, 2.75) is 32.6 Å². The third kappa shape index (κ3) is 4.07. The van der Waals surface area contributed by atoms with Crippen molar-refractivity contribution in [1.29, 1.82) is 0 Å². The van der Waals surface area contributed by atoms with Gasteiger partial charge in [0.1, 0.15) is 5.00 Å². The van der Waals surface area contributed by atoms with Gasteiger partial charge in [0.05, 0.1) is 5.56 Å². The van der Waals surface area contributed by atoms with E-state index in [9.17, 15) is 14.4 Å². The molecule has 0 atom stereocenters. The number of Topliss-reactive ketones (excluding diaryl/α,β-unsaturated/α-hetero) is 1. The van der Waals surface area contributed by atoms with Crippen molar-refractivity contribution in [1.82, 2.24) is 0 Å². The van der Waals surface area contributed by atoms with Crippen LogP contribution < -0.4 is 5.32 Å². The maximum atomic E-state index is 12.8. The van der Waals surface area contributed by atoms with Gasteiger partial charge >= 0.3 is 5.97 Å². The maximum Gasteiger partial charge on any atom is 0.341 e. The number of benzene rings is 2. The van der Waals surface area contributed by atoms with Crippen LogP contribution in [0.4, 0.5) is 5.00 Å².